The molecule has 0 radical (unpaired) electrons. The van der Waals surface area contributed by atoms with Crippen LogP contribution in [0, 0.1) is 11.8 Å². The molecule has 0 bridgehead atoms. The summed E-state index contributed by atoms with van der Waals surface area (Å²) in [5.41, 5.74) is 16.4. The fraction of sp³-hybridized carbons (Fsp3) is 0.714. The molecule has 14 nitrogen and oxygen atoms in total. The summed E-state index contributed by atoms with van der Waals surface area (Å²) >= 11 is 0. The summed E-state index contributed by atoms with van der Waals surface area (Å²) in [5.74, 6) is -5.88. The van der Waals surface area contributed by atoms with Gasteiger partial charge in [0.25, 0.3) is 0 Å². The van der Waals surface area contributed by atoms with Crippen molar-refractivity contribution in [2.45, 2.75) is 77.5 Å². The first kappa shape index (κ1) is 31.6. The lowest BCUT2D eigenvalue weighted by Gasteiger charge is -2.26. The van der Waals surface area contributed by atoms with E-state index >= 15 is 0 Å². The number of carboxylic acids is 2. The number of aliphatic imine (C=N–C) groups is 1. The topological polar surface area (TPSA) is 252 Å². The van der Waals surface area contributed by atoms with Gasteiger partial charge in [-0.2, -0.15) is 0 Å². The molecule has 14 heteroatoms. The molecule has 0 saturated heterocycles. The second kappa shape index (κ2) is 15.5. The molecule has 3 amide bonds. The molecule has 0 fully saturated rings. The summed E-state index contributed by atoms with van der Waals surface area (Å²) in [5, 5.41) is 25.7. The first-order valence-corrected chi connectivity index (χ1v) is 11.4. The first-order chi connectivity index (χ1) is 16.2. The van der Waals surface area contributed by atoms with Gasteiger partial charge in [0.2, 0.25) is 17.7 Å². The minimum Gasteiger partial charge on any atom is -0.481 e. The first-order valence-electron chi connectivity index (χ1n) is 11.4. The number of aliphatic carboxylic acids is 2. The standard InChI is InChI=1S/C21H39N7O7/c1-5-11(4)15(22)19(33)27-13(9-14(29)30)18(32)26-12(7-6-8-25-21(23)24)17(31)28-16(10(2)3)20(34)35/h10-13,15-16H,5-9,22H2,1-4H3,(H,26,32)(H,27,33)(H,28,31)(H,29,30)(H,34,35)(H4,23,24,25). The zero-order valence-electron chi connectivity index (χ0n) is 20.6. The van der Waals surface area contributed by atoms with Crippen molar-refractivity contribution in [2.24, 2.45) is 34.0 Å². The van der Waals surface area contributed by atoms with Crippen molar-refractivity contribution in [1.82, 2.24) is 16.0 Å². The van der Waals surface area contributed by atoms with E-state index in [4.69, 9.17) is 17.2 Å². The molecular formula is C21H39N7O7. The number of nitrogens with zero attached hydrogens (tertiary/aromatic N) is 1. The largest absolute Gasteiger partial charge is 0.481 e. The third-order valence-corrected chi connectivity index (χ3v) is 5.38. The number of hydrogen-bond donors (Lipinski definition) is 8. The number of carboxylic acid groups (broad SMARTS) is 2. The SMILES string of the molecule is CCC(C)C(N)C(=O)NC(CC(=O)O)C(=O)NC(CCCN=C(N)N)C(=O)NC(C(=O)O)C(C)C. The molecule has 0 saturated carbocycles. The lowest BCUT2D eigenvalue weighted by Crippen LogP contribution is -2.58. The van der Waals surface area contributed by atoms with Crippen LogP contribution in [0.15, 0.2) is 4.99 Å². The van der Waals surface area contributed by atoms with Gasteiger partial charge in [0.05, 0.1) is 12.5 Å². The quantitative estimate of drug-likeness (QED) is 0.0661. The van der Waals surface area contributed by atoms with Crippen LogP contribution in [0.1, 0.15) is 53.4 Å². The number of nitrogens with one attached hydrogen (secondary N) is 3. The smallest absolute Gasteiger partial charge is 0.326 e. The number of carbonyl (C=O) groups is 5. The Morgan fingerprint density at radius 2 is 1.43 bits per heavy atom. The average Bonchev–Trinajstić information content (AvgIpc) is 2.76. The van der Waals surface area contributed by atoms with E-state index in [0.29, 0.717) is 6.42 Å². The average molecular weight is 502 g/mol. The minimum absolute atomic E-state index is 0.0128. The van der Waals surface area contributed by atoms with E-state index in [2.05, 4.69) is 20.9 Å². The van der Waals surface area contributed by atoms with Crippen molar-refractivity contribution < 1.29 is 34.2 Å². The highest BCUT2D eigenvalue weighted by Gasteiger charge is 2.32. The second-order valence-electron chi connectivity index (χ2n) is 8.65. The molecule has 0 aromatic rings. The lowest BCUT2D eigenvalue weighted by molar-refractivity contribution is -0.144. The van der Waals surface area contributed by atoms with Gasteiger partial charge in [0.15, 0.2) is 5.96 Å². The van der Waals surface area contributed by atoms with Gasteiger partial charge < -0.3 is 43.4 Å². The normalized spacial score (nSPS) is 15.1. The molecule has 5 unspecified atom stereocenters. The summed E-state index contributed by atoms with van der Waals surface area (Å²) in [4.78, 5) is 64.7. The maximum Gasteiger partial charge on any atom is 0.326 e. The predicted octanol–water partition coefficient (Wildman–Crippen LogP) is -1.92. The van der Waals surface area contributed by atoms with Crippen molar-refractivity contribution in [3.8, 4) is 0 Å². The van der Waals surface area contributed by atoms with E-state index in [0.717, 1.165) is 0 Å². The van der Waals surface area contributed by atoms with Gasteiger partial charge >= 0.3 is 11.9 Å². The highest BCUT2D eigenvalue weighted by Crippen LogP contribution is 2.08. The predicted molar refractivity (Wildman–Crippen MR) is 128 cm³/mol. The van der Waals surface area contributed by atoms with Gasteiger partial charge in [-0.1, -0.05) is 34.1 Å². The summed E-state index contributed by atoms with van der Waals surface area (Å²) in [6, 6.07) is -4.94. The molecule has 0 spiro atoms. The minimum atomic E-state index is -1.51. The van der Waals surface area contributed by atoms with Crippen LogP contribution in [0.3, 0.4) is 0 Å². The van der Waals surface area contributed by atoms with Crippen molar-refractivity contribution in [3.63, 3.8) is 0 Å². The fourth-order valence-corrected chi connectivity index (χ4v) is 2.98. The number of rotatable bonds is 16. The highest BCUT2D eigenvalue weighted by molar-refractivity contribution is 5.95. The molecule has 11 N–H and O–H groups in total. The Hall–Kier alpha value is -3.42. The van der Waals surface area contributed by atoms with Crippen molar-refractivity contribution in [1.29, 1.82) is 0 Å². The van der Waals surface area contributed by atoms with E-state index in [1.807, 2.05) is 6.92 Å². The molecule has 35 heavy (non-hydrogen) atoms. The maximum atomic E-state index is 12.9. The van der Waals surface area contributed by atoms with E-state index in [1.165, 1.54) is 0 Å². The van der Waals surface area contributed by atoms with Crippen LogP contribution < -0.4 is 33.2 Å². The second-order valence-corrected chi connectivity index (χ2v) is 8.65. The van der Waals surface area contributed by atoms with E-state index in [9.17, 15) is 34.2 Å². The summed E-state index contributed by atoms with van der Waals surface area (Å²) in [7, 11) is 0. The number of amides is 3. The Bertz CT molecular complexity index is 784. The Morgan fingerprint density at radius 3 is 1.89 bits per heavy atom. The number of nitrogens with two attached hydrogens (primary N) is 3. The van der Waals surface area contributed by atoms with Gasteiger partial charge in [0, 0.05) is 6.54 Å². The Morgan fingerprint density at radius 1 is 0.886 bits per heavy atom. The number of carbonyl (C=O) groups excluding carboxylic acids is 3. The fourth-order valence-electron chi connectivity index (χ4n) is 2.98. The highest BCUT2D eigenvalue weighted by atomic mass is 16.4. The van der Waals surface area contributed by atoms with E-state index < -0.39 is 66.2 Å². The number of hydrogen-bond acceptors (Lipinski definition) is 7. The molecule has 200 valence electrons. The molecule has 0 aliphatic heterocycles. The van der Waals surface area contributed by atoms with Crippen LogP contribution in [-0.2, 0) is 24.0 Å². The molecule has 0 rings (SSSR count). The van der Waals surface area contributed by atoms with Crippen molar-refractivity contribution >= 4 is 35.6 Å². The molecular weight excluding hydrogens is 462 g/mol. The van der Waals surface area contributed by atoms with Gasteiger partial charge in [0.1, 0.15) is 18.1 Å². The third kappa shape index (κ3) is 12.0. The molecule has 0 aliphatic carbocycles. The monoisotopic (exact) mass is 501 g/mol. The van der Waals surface area contributed by atoms with Crippen LogP contribution in [0.2, 0.25) is 0 Å². The molecule has 0 aliphatic rings. The summed E-state index contributed by atoms with van der Waals surface area (Å²) in [6.45, 7) is 6.90. The molecule has 0 aromatic carbocycles. The van der Waals surface area contributed by atoms with E-state index in [-0.39, 0.29) is 31.3 Å². The van der Waals surface area contributed by atoms with Crippen LogP contribution in [0.25, 0.3) is 0 Å². The Kier molecular flexibility index (Phi) is 14.0. The van der Waals surface area contributed by atoms with Crippen LogP contribution in [-0.4, -0.2) is 76.5 Å². The number of guanidine groups is 1. The van der Waals surface area contributed by atoms with E-state index in [1.54, 1.807) is 20.8 Å². The zero-order valence-corrected chi connectivity index (χ0v) is 20.6. The maximum absolute atomic E-state index is 12.9. The molecule has 0 heterocycles. The summed E-state index contributed by atoms with van der Waals surface area (Å²) < 4.78 is 0. The molecule has 0 aromatic heterocycles. The molecule has 5 atom stereocenters. The van der Waals surface area contributed by atoms with Crippen LogP contribution in [0.5, 0.6) is 0 Å². The van der Waals surface area contributed by atoms with Crippen LogP contribution >= 0.6 is 0 Å². The van der Waals surface area contributed by atoms with Crippen molar-refractivity contribution in [2.75, 3.05) is 6.54 Å². The van der Waals surface area contributed by atoms with Gasteiger partial charge in [-0.25, -0.2) is 4.79 Å². The zero-order chi connectivity index (χ0) is 27.3. The van der Waals surface area contributed by atoms with Gasteiger partial charge in [-0.15, -0.1) is 0 Å². The Labute approximate surface area is 204 Å². The third-order valence-electron chi connectivity index (χ3n) is 5.38. The van der Waals surface area contributed by atoms with Crippen molar-refractivity contribution in [3.05, 3.63) is 0 Å². The van der Waals surface area contributed by atoms with Crippen LogP contribution in [0.4, 0.5) is 0 Å². The summed E-state index contributed by atoms with van der Waals surface area (Å²) in [6.07, 6.45) is 0.0866. The van der Waals surface area contributed by atoms with Gasteiger partial charge in [-0.3, -0.25) is 24.2 Å². The lowest BCUT2D eigenvalue weighted by atomic mass is 9.99. The Balaban J connectivity index is 5.67. The van der Waals surface area contributed by atoms with Gasteiger partial charge in [-0.05, 0) is 24.7 Å².